The Bertz CT molecular complexity index is 205. The van der Waals surface area contributed by atoms with Crippen molar-refractivity contribution in [1.29, 1.82) is 0 Å². The van der Waals surface area contributed by atoms with Crippen LogP contribution >= 0.6 is 0 Å². The van der Waals surface area contributed by atoms with E-state index in [2.05, 4.69) is 12.1 Å². The van der Waals surface area contributed by atoms with Gasteiger partial charge in [-0.25, -0.2) is 0 Å². The van der Waals surface area contributed by atoms with Gasteiger partial charge in [-0.15, -0.1) is 0 Å². The predicted molar refractivity (Wildman–Crippen MR) is 59.1 cm³/mol. The molecular weight excluding hydrogens is 196 g/mol. The molecule has 0 heterocycles. The Morgan fingerprint density at radius 3 is 2.40 bits per heavy atom. The van der Waals surface area contributed by atoms with Crippen molar-refractivity contribution >= 4 is 5.71 Å². The van der Waals surface area contributed by atoms with E-state index in [4.69, 9.17) is 5.21 Å². The molecule has 88 valence electrons. The third-order valence-corrected chi connectivity index (χ3v) is 2.27. The van der Waals surface area contributed by atoms with Crippen molar-refractivity contribution in [3.05, 3.63) is 10.1 Å². The summed E-state index contributed by atoms with van der Waals surface area (Å²) >= 11 is 0. The molecule has 0 aliphatic heterocycles. The highest BCUT2D eigenvalue weighted by atomic mass is 16.6. The quantitative estimate of drug-likeness (QED) is 0.212. The van der Waals surface area contributed by atoms with E-state index in [1.165, 1.54) is 19.3 Å². The molecule has 0 amide bonds. The van der Waals surface area contributed by atoms with Gasteiger partial charge >= 0.3 is 0 Å². The van der Waals surface area contributed by atoms with Gasteiger partial charge in [-0.1, -0.05) is 44.2 Å². The Hall–Kier alpha value is -1.13. The van der Waals surface area contributed by atoms with Crippen molar-refractivity contribution in [3.8, 4) is 0 Å². The van der Waals surface area contributed by atoms with E-state index in [9.17, 15) is 10.1 Å². The molecule has 0 aromatic heterocycles. The second-order valence-corrected chi connectivity index (χ2v) is 3.67. The van der Waals surface area contributed by atoms with Crippen molar-refractivity contribution in [3.63, 3.8) is 0 Å². The summed E-state index contributed by atoms with van der Waals surface area (Å²) in [4.78, 5) is 9.69. The Morgan fingerprint density at radius 1 is 1.27 bits per heavy atom. The summed E-state index contributed by atoms with van der Waals surface area (Å²) in [7, 11) is 0. The molecule has 0 radical (unpaired) electrons. The average molecular weight is 216 g/mol. The van der Waals surface area contributed by atoms with Crippen LogP contribution in [0.25, 0.3) is 0 Å². The summed E-state index contributed by atoms with van der Waals surface area (Å²) in [5.74, 6) is 0. The SMILES string of the molecule is CCCCCCCC/C(C[N+](=O)[O-])=N\O. The summed E-state index contributed by atoms with van der Waals surface area (Å²) < 4.78 is 0. The highest BCUT2D eigenvalue weighted by molar-refractivity contribution is 5.84. The molecule has 0 saturated heterocycles. The highest BCUT2D eigenvalue weighted by Gasteiger charge is 2.07. The number of hydrogen-bond donors (Lipinski definition) is 1. The van der Waals surface area contributed by atoms with Crippen LogP contribution in [0, 0.1) is 10.1 Å². The van der Waals surface area contributed by atoms with E-state index < -0.39 is 4.92 Å². The van der Waals surface area contributed by atoms with Crippen LogP contribution in [0.3, 0.4) is 0 Å². The first-order chi connectivity index (χ1) is 7.20. The van der Waals surface area contributed by atoms with Crippen LogP contribution in [0.5, 0.6) is 0 Å². The van der Waals surface area contributed by atoms with Gasteiger partial charge in [-0.05, 0) is 12.8 Å². The number of unbranched alkanes of at least 4 members (excludes halogenated alkanes) is 5. The zero-order valence-corrected chi connectivity index (χ0v) is 9.31. The third-order valence-electron chi connectivity index (χ3n) is 2.27. The van der Waals surface area contributed by atoms with Gasteiger partial charge in [0.25, 0.3) is 0 Å². The maximum Gasteiger partial charge on any atom is 0.244 e. The molecule has 0 aliphatic rings. The molecule has 1 N–H and O–H groups in total. The lowest BCUT2D eigenvalue weighted by atomic mass is 10.1. The van der Waals surface area contributed by atoms with Crippen LogP contribution < -0.4 is 0 Å². The molecule has 0 atom stereocenters. The van der Waals surface area contributed by atoms with Gasteiger partial charge in [0.15, 0.2) is 0 Å². The number of nitrogens with zero attached hydrogens (tertiary/aromatic N) is 2. The molecule has 0 rings (SSSR count). The molecule has 0 aromatic rings. The topological polar surface area (TPSA) is 75.7 Å². The predicted octanol–water partition coefficient (Wildman–Crippen LogP) is 2.84. The minimum atomic E-state index is -0.466. The van der Waals surface area contributed by atoms with E-state index in [0.29, 0.717) is 6.42 Å². The first-order valence-electron chi connectivity index (χ1n) is 5.52. The minimum Gasteiger partial charge on any atom is -0.411 e. The molecule has 5 nitrogen and oxygen atoms in total. The summed E-state index contributed by atoms with van der Waals surface area (Å²) in [6, 6.07) is 0. The number of oxime groups is 1. The van der Waals surface area contributed by atoms with Gasteiger partial charge in [-0.2, -0.15) is 0 Å². The smallest absolute Gasteiger partial charge is 0.244 e. The average Bonchev–Trinajstić information content (AvgIpc) is 2.20. The lowest BCUT2D eigenvalue weighted by Gasteiger charge is -2.00. The van der Waals surface area contributed by atoms with Crippen LogP contribution in [0.15, 0.2) is 5.16 Å². The number of rotatable bonds is 9. The molecule has 0 aliphatic carbocycles. The monoisotopic (exact) mass is 216 g/mol. The second-order valence-electron chi connectivity index (χ2n) is 3.67. The highest BCUT2D eigenvalue weighted by Crippen LogP contribution is 2.07. The minimum absolute atomic E-state index is 0.274. The Kier molecular flexibility index (Phi) is 8.72. The van der Waals surface area contributed by atoms with Gasteiger partial charge in [0, 0.05) is 4.92 Å². The fourth-order valence-corrected chi connectivity index (χ4v) is 1.42. The van der Waals surface area contributed by atoms with E-state index in [1.54, 1.807) is 0 Å². The number of hydrogen-bond acceptors (Lipinski definition) is 4. The van der Waals surface area contributed by atoms with Crippen molar-refractivity contribution in [2.24, 2.45) is 5.16 Å². The first-order valence-corrected chi connectivity index (χ1v) is 5.52. The van der Waals surface area contributed by atoms with Crippen LogP contribution in [-0.2, 0) is 0 Å². The van der Waals surface area contributed by atoms with Gasteiger partial charge in [0.05, 0.1) is 0 Å². The molecule has 0 spiro atoms. The summed E-state index contributed by atoms with van der Waals surface area (Å²) in [5, 5.41) is 21.6. The fraction of sp³-hybridized carbons (Fsp3) is 0.900. The molecule has 0 fully saturated rings. The van der Waals surface area contributed by atoms with E-state index in [0.717, 1.165) is 19.3 Å². The standard InChI is InChI=1S/C10H20N2O3/c1-2-3-4-5-6-7-8-10(11-13)9-12(14)15/h13H,2-9H2,1H3/b11-10+. The lowest BCUT2D eigenvalue weighted by molar-refractivity contribution is -0.463. The van der Waals surface area contributed by atoms with Crippen molar-refractivity contribution in [2.75, 3.05) is 6.54 Å². The van der Waals surface area contributed by atoms with Crippen molar-refractivity contribution in [2.45, 2.75) is 51.9 Å². The largest absolute Gasteiger partial charge is 0.411 e. The van der Waals surface area contributed by atoms with Crippen molar-refractivity contribution in [1.82, 2.24) is 0 Å². The zero-order chi connectivity index (χ0) is 11.5. The normalized spacial score (nSPS) is 11.7. The third kappa shape index (κ3) is 9.18. The Morgan fingerprint density at radius 2 is 1.87 bits per heavy atom. The van der Waals surface area contributed by atoms with Crippen LogP contribution in [-0.4, -0.2) is 22.4 Å². The molecule has 0 saturated carbocycles. The van der Waals surface area contributed by atoms with Gasteiger partial charge in [-0.3, -0.25) is 10.1 Å². The Labute approximate surface area is 90.3 Å². The van der Waals surface area contributed by atoms with E-state index in [1.807, 2.05) is 0 Å². The Balaban J connectivity index is 3.43. The molecule has 0 bridgehead atoms. The molecule has 0 aromatic carbocycles. The summed E-state index contributed by atoms with van der Waals surface area (Å²) in [5.41, 5.74) is 0.274. The summed E-state index contributed by atoms with van der Waals surface area (Å²) in [6.45, 7) is 1.82. The molecular formula is C10H20N2O3. The maximum atomic E-state index is 10.2. The van der Waals surface area contributed by atoms with E-state index in [-0.39, 0.29) is 12.3 Å². The van der Waals surface area contributed by atoms with E-state index >= 15 is 0 Å². The van der Waals surface area contributed by atoms with Crippen LogP contribution in [0.2, 0.25) is 0 Å². The lowest BCUT2D eigenvalue weighted by Crippen LogP contribution is -2.13. The number of nitro groups is 1. The van der Waals surface area contributed by atoms with Crippen molar-refractivity contribution < 1.29 is 10.1 Å². The zero-order valence-electron chi connectivity index (χ0n) is 9.31. The maximum absolute atomic E-state index is 10.2. The fourth-order valence-electron chi connectivity index (χ4n) is 1.42. The molecule has 5 heteroatoms. The van der Waals surface area contributed by atoms with Gasteiger partial charge in [0.1, 0.15) is 5.71 Å². The van der Waals surface area contributed by atoms with Crippen LogP contribution in [0.1, 0.15) is 51.9 Å². The molecule has 15 heavy (non-hydrogen) atoms. The first kappa shape index (κ1) is 13.9. The van der Waals surface area contributed by atoms with Gasteiger partial charge < -0.3 is 5.21 Å². The van der Waals surface area contributed by atoms with Crippen LogP contribution in [0.4, 0.5) is 0 Å². The second kappa shape index (κ2) is 9.43. The summed E-state index contributed by atoms with van der Waals surface area (Å²) in [6.07, 6.45) is 7.29. The molecule has 0 unspecified atom stereocenters. The van der Waals surface area contributed by atoms with Gasteiger partial charge in [0.2, 0.25) is 6.54 Å².